The molecule has 5 aromatic rings. The zero-order valence-electron chi connectivity index (χ0n) is 18.0. The van der Waals surface area contributed by atoms with Gasteiger partial charge in [0.2, 0.25) is 5.95 Å². The first-order chi connectivity index (χ1) is 16.2. The number of imidazole rings is 1. The molecule has 1 atom stereocenters. The van der Waals surface area contributed by atoms with E-state index in [0.717, 1.165) is 16.6 Å². The topological polar surface area (TPSA) is 84.7 Å². The van der Waals surface area contributed by atoms with Gasteiger partial charge in [0.1, 0.15) is 12.1 Å². The maximum absolute atomic E-state index is 12.4. The van der Waals surface area contributed by atoms with E-state index in [4.69, 9.17) is 0 Å². The lowest BCUT2D eigenvalue weighted by Crippen LogP contribution is -2.11. The summed E-state index contributed by atoms with van der Waals surface area (Å²) in [5.41, 5.74) is 4.09. The predicted molar refractivity (Wildman–Crippen MR) is 130 cm³/mol. The van der Waals surface area contributed by atoms with Gasteiger partial charge in [0, 0.05) is 17.4 Å². The van der Waals surface area contributed by atoms with E-state index in [1.807, 2.05) is 65.2 Å². The number of carbonyl (C=O) groups excluding carboxylic acids is 1. The molecule has 0 spiro atoms. The van der Waals surface area contributed by atoms with Gasteiger partial charge < -0.3 is 10.6 Å². The Labute approximate surface area is 191 Å². The van der Waals surface area contributed by atoms with Crippen molar-refractivity contribution in [2.45, 2.75) is 13.0 Å². The van der Waals surface area contributed by atoms with Crippen molar-refractivity contribution < 1.29 is 4.79 Å². The van der Waals surface area contributed by atoms with E-state index in [1.165, 1.54) is 0 Å². The summed E-state index contributed by atoms with van der Waals surface area (Å²) in [7, 11) is 0. The first-order valence-corrected chi connectivity index (χ1v) is 10.7. The van der Waals surface area contributed by atoms with Gasteiger partial charge in [-0.3, -0.25) is 9.36 Å². The third kappa shape index (κ3) is 4.43. The first kappa shape index (κ1) is 20.4. The number of nitrogens with one attached hydrogen (secondary N) is 2. The van der Waals surface area contributed by atoms with Gasteiger partial charge >= 0.3 is 0 Å². The van der Waals surface area contributed by atoms with Crippen LogP contribution in [0.4, 0.5) is 11.6 Å². The predicted octanol–water partition coefficient (Wildman–Crippen LogP) is 5.24. The number of aromatic nitrogens is 4. The number of hydrogen-bond donors (Lipinski definition) is 2. The van der Waals surface area contributed by atoms with Crippen LogP contribution in [0, 0.1) is 0 Å². The third-order valence-electron chi connectivity index (χ3n) is 5.37. The molecule has 0 radical (unpaired) electrons. The number of rotatable bonds is 6. The van der Waals surface area contributed by atoms with Crippen LogP contribution in [-0.2, 0) is 0 Å². The molecule has 2 heterocycles. The second kappa shape index (κ2) is 8.92. The molecule has 0 aliphatic rings. The molecule has 0 aliphatic heterocycles. The van der Waals surface area contributed by atoms with Crippen LogP contribution in [0.3, 0.4) is 0 Å². The lowest BCUT2D eigenvalue weighted by atomic mass is 10.1. The van der Waals surface area contributed by atoms with Gasteiger partial charge in [-0.1, -0.05) is 48.5 Å². The van der Waals surface area contributed by atoms with Crippen LogP contribution in [0.5, 0.6) is 0 Å². The molecule has 0 bridgehead atoms. The molecule has 1 unspecified atom stereocenters. The van der Waals surface area contributed by atoms with Crippen LogP contribution < -0.4 is 10.6 Å². The highest BCUT2D eigenvalue weighted by atomic mass is 16.1. The van der Waals surface area contributed by atoms with Gasteiger partial charge in [0.25, 0.3) is 5.91 Å². The summed E-state index contributed by atoms with van der Waals surface area (Å²) in [6.45, 7) is 2.07. The Kier molecular flexibility index (Phi) is 5.51. The van der Waals surface area contributed by atoms with Gasteiger partial charge in [0.15, 0.2) is 0 Å². The quantitative estimate of drug-likeness (QED) is 0.382. The SMILES string of the molecule is CC(Nc1nccc(-n2cnc3cc(NC(=O)c4ccccc4)ccc32)n1)c1ccccc1. The molecule has 7 heteroatoms. The highest BCUT2D eigenvalue weighted by molar-refractivity contribution is 6.04. The fourth-order valence-corrected chi connectivity index (χ4v) is 3.64. The average molecular weight is 435 g/mol. The fraction of sp³-hybridized carbons (Fsp3) is 0.0769. The summed E-state index contributed by atoms with van der Waals surface area (Å²) < 4.78 is 1.90. The van der Waals surface area contributed by atoms with Gasteiger partial charge in [-0.05, 0) is 48.9 Å². The molecule has 5 rings (SSSR count). The number of nitrogens with zero attached hydrogens (tertiary/aromatic N) is 4. The van der Waals surface area contributed by atoms with Gasteiger partial charge in [0.05, 0.1) is 17.1 Å². The Morgan fingerprint density at radius 2 is 1.67 bits per heavy atom. The number of benzene rings is 3. The molecule has 0 fully saturated rings. The van der Waals surface area contributed by atoms with Crippen molar-refractivity contribution in [3.05, 3.63) is 109 Å². The van der Waals surface area contributed by atoms with E-state index in [-0.39, 0.29) is 11.9 Å². The second-order valence-corrected chi connectivity index (χ2v) is 7.65. The van der Waals surface area contributed by atoms with Gasteiger partial charge in [-0.15, -0.1) is 0 Å². The van der Waals surface area contributed by atoms with E-state index in [2.05, 4.69) is 44.6 Å². The van der Waals surface area contributed by atoms with Crippen molar-refractivity contribution >= 4 is 28.6 Å². The molecule has 162 valence electrons. The number of anilines is 2. The number of amides is 1. The van der Waals surface area contributed by atoms with Crippen LogP contribution in [0.2, 0.25) is 0 Å². The molecule has 0 saturated carbocycles. The Hall–Kier alpha value is -4.52. The molecular weight excluding hydrogens is 412 g/mol. The largest absolute Gasteiger partial charge is 0.348 e. The smallest absolute Gasteiger partial charge is 0.255 e. The van der Waals surface area contributed by atoms with Crippen LogP contribution >= 0.6 is 0 Å². The zero-order chi connectivity index (χ0) is 22.6. The van der Waals surface area contributed by atoms with Crippen molar-refractivity contribution in [2.24, 2.45) is 0 Å². The number of fused-ring (bicyclic) bond motifs is 1. The lowest BCUT2D eigenvalue weighted by molar-refractivity contribution is 0.102. The molecular formula is C26H22N6O. The van der Waals surface area contributed by atoms with Crippen molar-refractivity contribution in [1.29, 1.82) is 0 Å². The zero-order valence-corrected chi connectivity index (χ0v) is 18.0. The monoisotopic (exact) mass is 434 g/mol. The standard InChI is InChI=1S/C26H22N6O/c1-18(19-8-4-2-5-9-19)29-26-27-15-14-24(31-26)32-17-28-22-16-21(12-13-23(22)32)30-25(33)20-10-6-3-7-11-20/h2-18H,1H3,(H,30,33)(H,27,29,31). The van der Waals surface area contributed by atoms with E-state index in [1.54, 1.807) is 24.7 Å². The van der Waals surface area contributed by atoms with Crippen molar-refractivity contribution in [2.75, 3.05) is 10.6 Å². The minimum Gasteiger partial charge on any atom is -0.348 e. The highest BCUT2D eigenvalue weighted by Crippen LogP contribution is 2.22. The van der Waals surface area contributed by atoms with E-state index < -0.39 is 0 Å². The minimum atomic E-state index is -0.159. The normalized spacial score (nSPS) is 11.8. The van der Waals surface area contributed by atoms with Crippen molar-refractivity contribution in [3.8, 4) is 5.82 Å². The maximum atomic E-state index is 12.4. The molecule has 33 heavy (non-hydrogen) atoms. The molecule has 2 N–H and O–H groups in total. The summed E-state index contributed by atoms with van der Waals surface area (Å²) in [6, 6.07) is 26.8. The Balaban J connectivity index is 1.37. The number of hydrogen-bond acceptors (Lipinski definition) is 5. The maximum Gasteiger partial charge on any atom is 0.255 e. The van der Waals surface area contributed by atoms with E-state index >= 15 is 0 Å². The van der Waals surface area contributed by atoms with E-state index in [0.29, 0.717) is 23.0 Å². The van der Waals surface area contributed by atoms with Crippen LogP contribution in [0.25, 0.3) is 16.9 Å². The summed E-state index contributed by atoms with van der Waals surface area (Å²) in [5, 5.41) is 6.27. The van der Waals surface area contributed by atoms with E-state index in [9.17, 15) is 4.79 Å². The van der Waals surface area contributed by atoms with Crippen molar-refractivity contribution in [1.82, 2.24) is 19.5 Å². The van der Waals surface area contributed by atoms with Gasteiger partial charge in [-0.2, -0.15) is 4.98 Å². The third-order valence-corrected chi connectivity index (χ3v) is 5.37. The second-order valence-electron chi connectivity index (χ2n) is 7.65. The summed E-state index contributed by atoms with van der Waals surface area (Å²) in [4.78, 5) is 26.0. The van der Waals surface area contributed by atoms with Gasteiger partial charge in [-0.25, -0.2) is 9.97 Å². The number of carbonyl (C=O) groups is 1. The minimum absolute atomic E-state index is 0.0664. The summed E-state index contributed by atoms with van der Waals surface area (Å²) in [6.07, 6.45) is 3.45. The fourth-order valence-electron chi connectivity index (χ4n) is 3.64. The molecule has 0 saturated heterocycles. The highest BCUT2D eigenvalue weighted by Gasteiger charge is 2.11. The van der Waals surface area contributed by atoms with Crippen LogP contribution in [0.1, 0.15) is 28.9 Å². The Morgan fingerprint density at radius 3 is 2.45 bits per heavy atom. The van der Waals surface area contributed by atoms with Crippen LogP contribution in [-0.4, -0.2) is 25.4 Å². The first-order valence-electron chi connectivity index (χ1n) is 10.7. The molecule has 1 amide bonds. The molecule has 0 aliphatic carbocycles. The Bertz CT molecular complexity index is 1400. The average Bonchev–Trinajstić information content (AvgIpc) is 3.28. The van der Waals surface area contributed by atoms with Crippen LogP contribution in [0.15, 0.2) is 97.5 Å². The Morgan fingerprint density at radius 1 is 0.909 bits per heavy atom. The summed E-state index contributed by atoms with van der Waals surface area (Å²) >= 11 is 0. The summed E-state index contributed by atoms with van der Waals surface area (Å²) in [5.74, 6) is 1.09. The molecule has 2 aromatic heterocycles. The molecule has 7 nitrogen and oxygen atoms in total. The molecule has 3 aromatic carbocycles. The van der Waals surface area contributed by atoms with Crippen molar-refractivity contribution in [3.63, 3.8) is 0 Å². The lowest BCUT2D eigenvalue weighted by Gasteiger charge is -2.14.